The fourth-order valence-corrected chi connectivity index (χ4v) is 6.86. The minimum Gasteiger partial charge on any atom is -0.378 e. The SMILES string of the molecule is CCCn1nc(C(=O)N2CCOCC2)c2c1CCC(NCC1(N3CCCCC3)CCCCC1)C2. The molecule has 1 unspecified atom stereocenters. The molecule has 1 N–H and O–H groups in total. The van der Waals surface area contributed by atoms with Crippen molar-refractivity contribution in [3.05, 3.63) is 17.0 Å². The number of morpholine rings is 1. The number of nitrogens with one attached hydrogen (secondary N) is 1. The first-order chi connectivity index (χ1) is 16.7. The van der Waals surface area contributed by atoms with Crippen LogP contribution in [0, 0.1) is 0 Å². The maximum atomic E-state index is 13.4. The molecule has 2 aliphatic heterocycles. The molecule has 5 rings (SSSR count). The molecule has 0 bridgehead atoms. The Balaban J connectivity index is 1.31. The van der Waals surface area contributed by atoms with Crippen molar-refractivity contribution in [2.75, 3.05) is 45.9 Å². The lowest BCUT2D eigenvalue weighted by Gasteiger charge is -2.49. The van der Waals surface area contributed by atoms with E-state index in [1.54, 1.807) is 0 Å². The van der Waals surface area contributed by atoms with Crippen molar-refractivity contribution in [2.45, 2.75) is 102 Å². The van der Waals surface area contributed by atoms with Crippen LogP contribution in [0.2, 0.25) is 0 Å². The number of likely N-dealkylation sites (tertiary alicyclic amines) is 1. The van der Waals surface area contributed by atoms with Crippen LogP contribution in [0.4, 0.5) is 0 Å². The Kier molecular flexibility index (Phi) is 7.91. The van der Waals surface area contributed by atoms with Crippen molar-refractivity contribution < 1.29 is 9.53 Å². The normalized spacial score (nSPS) is 25.8. The molecule has 1 aromatic rings. The number of ether oxygens (including phenoxy) is 1. The summed E-state index contributed by atoms with van der Waals surface area (Å²) in [6.07, 6.45) is 15.1. The molecule has 0 radical (unpaired) electrons. The summed E-state index contributed by atoms with van der Waals surface area (Å²) in [6.45, 7) is 9.35. The van der Waals surface area contributed by atoms with E-state index in [2.05, 4.69) is 21.8 Å². The zero-order valence-electron chi connectivity index (χ0n) is 21.3. The molecular formula is C27H45N5O2. The molecule has 2 saturated heterocycles. The number of hydrogen-bond donors (Lipinski definition) is 1. The highest BCUT2D eigenvalue weighted by atomic mass is 16.5. The van der Waals surface area contributed by atoms with E-state index >= 15 is 0 Å². The Morgan fingerprint density at radius 3 is 2.53 bits per heavy atom. The smallest absolute Gasteiger partial charge is 0.274 e. The van der Waals surface area contributed by atoms with Gasteiger partial charge in [-0.2, -0.15) is 5.10 Å². The maximum Gasteiger partial charge on any atom is 0.274 e. The Labute approximate surface area is 205 Å². The second kappa shape index (κ2) is 11.1. The van der Waals surface area contributed by atoms with Crippen molar-refractivity contribution in [3.8, 4) is 0 Å². The molecule has 3 heterocycles. The van der Waals surface area contributed by atoms with Gasteiger partial charge in [0.05, 0.1) is 13.2 Å². The molecule has 3 fully saturated rings. The number of rotatable bonds is 7. The molecule has 7 heteroatoms. The number of piperidine rings is 1. The highest BCUT2D eigenvalue weighted by molar-refractivity contribution is 5.94. The molecule has 4 aliphatic rings. The van der Waals surface area contributed by atoms with Crippen LogP contribution >= 0.6 is 0 Å². The largest absolute Gasteiger partial charge is 0.378 e. The quantitative estimate of drug-likeness (QED) is 0.660. The van der Waals surface area contributed by atoms with Crippen molar-refractivity contribution in [3.63, 3.8) is 0 Å². The van der Waals surface area contributed by atoms with E-state index in [9.17, 15) is 4.79 Å². The third-order valence-corrected chi connectivity index (χ3v) is 8.81. The van der Waals surface area contributed by atoms with Crippen molar-refractivity contribution in [2.24, 2.45) is 0 Å². The zero-order chi connectivity index (χ0) is 23.4. The van der Waals surface area contributed by atoms with Crippen LogP contribution in [0.25, 0.3) is 0 Å². The highest BCUT2D eigenvalue weighted by Crippen LogP contribution is 2.36. The van der Waals surface area contributed by atoms with Crippen molar-refractivity contribution >= 4 is 5.91 Å². The van der Waals surface area contributed by atoms with Gasteiger partial charge in [0, 0.05) is 49.0 Å². The fraction of sp³-hybridized carbons (Fsp3) is 0.852. The van der Waals surface area contributed by atoms with E-state index < -0.39 is 0 Å². The Hall–Kier alpha value is -1.44. The number of amides is 1. The monoisotopic (exact) mass is 471 g/mol. The van der Waals surface area contributed by atoms with E-state index in [0.29, 0.717) is 43.6 Å². The van der Waals surface area contributed by atoms with Crippen LogP contribution in [0.1, 0.15) is 92.9 Å². The number of hydrogen-bond acceptors (Lipinski definition) is 5. The van der Waals surface area contributed by atoms with Gasteiger partial charge >= 0.3 is 0 Å². The number of aryl methyl sites for hydroxylation is 1. The molecule has 0 aromatic carbocycles. The van der Waals surface area contributed by atoms with E-state index in [1.807, 2.05) is 4.90 Å². The number of aromatic nitrogens is 2. The Morgan fingerprint density at radius 1 is 1.06 bits per heavy atom. The van der Waals surface area contributed by atoms with Crippen LogP contribution in [-0.4, -0.2) is 83.0 Å². The first kappa shape index (κ1) is 24.3. The van der Waals surface area contributed by atoms with Gasteiger partial charge in [-0.15, -0.1) is 0 Å². The first-order valence-corrected chi connectivity index (χ1v) is 14.1. The van der Waals surface area contributed by atoms with Crippen LogP contribution in [0.5, 0.6) is 0 Å². The maximum absolute atomic E-state index is 13.4. The van der Waals surface area contributed by atoms with Gasteiger partial charge in [-0.3, -0.25) is 14.4 Å². The predicted octanol–water partition coefficient (Wildman–Crippen LogP) is 3.40. The molecule has 7 nitrogen and oxygen atoms in total. The van der Waals surface area contributed by atoms with Crippen LogP contribution in [0.15, 0.2) is 0 Å². The van der Waals surface area contributed by atoms with Crippen LogP contribution in [-0.2, 0) is 24.1 Å². The molecule has 2 aliphatic carbocycles. The summed E-state index contributed by atoms with van der Waals surface area (Å²) in [4.78, 5) is 18.2. The van der Waals surface area contributed by atoms with Gasteiger partial charge < -0.3 is 15.0 Å². The minimum atomic E-state index is 0.104. The van der Waals surface area contributed by atoms with Crippen LogP contribution < -0.4 is 5.32 Å². The lowest BCUT2D eigenvalue weighted by molar-refractivity contribution is 0.0295. The van der Waals surface area contributed by atoms with Gasteiger partial charge in [0.2, 0.25) is 0 Å². The summed E-state index contributed by atoms with van der Waals surface area (Å²) in [7, 11) is 0. The summed E-state index contributed by atoms with van der Waals surface area (Å²) in [5, 5.41) is 8.91. The van der Waals surface area contributed by atoms with Gasteiger partial charge in [0.1, 0.15) is 0 Å². The molecule has 190 valence electrons. The van der Waals surface area contributed by atoms with E-state index in [1.165, 1.54) is 75.7 Å². The average molecular weight is 472 g/mol. The number of fused-ring (bicyclic) bond motifs is 1. The van der Waals surface area contributed by atoms with Crippen molar-refractivity contribution in [1.29, 1.82) is 0 Å². The second-order valence-electron chi connectivity index (χ2n) is 11.1. The topological polar surface area (TPSA) is 62.6 Å². The molecule has 0 spiro atoms. The summed E-state index contributed by atoms with van der Waals surface area (Å²) in [6, 6.07) is 0.437. The lowest BCUT2D eigenvalue weighted by Crippen LogP contribution is -2.59. The summed E-state index contributed by atoms with van der Waals surface area (Å²) < 4.78 is 7.61. The predicted molar refractivity (Wildman–Crippen MR) is 134 cm³/mol. The summed E-state index contributed by atoms with van der Waals surface area (Å²) >= 11 is 0. The zero-order valence-corrected chi connectivity index (χ0v) is 21.3. The number of carbonyl (C=O) groups is 1. The molecule has 34 heavy (non-hydrogen) atoms. The molecule has 1 atom stereocenters. The third kappa shape index (κ3) is 5.07. The summed E-state index contributed by atoms with van der Waals surface area (Å²) in [5.41, 5.74) is 3.57. The standard InChI is InChI=1S/C27H45N5O2/c1-2-13-32-24-10-9-22(20-23(24)25(29-32)26(33)30-16-18-34-19-17-30)28-21-27(11-5-3-6-12-27)31-14-7-4-8-15-31/h22,28H,2-21H2,1H3. The highest BCUT2D eigenvalue weighted by Gasteiger charge is 2.39. The van der Waals surface area contributed by atoms with E-state index in [4.69, 9.17) is 9.84 Å². The van der Waals surface area contributed by atoms with Crippen LogP contribution in [0.3, 0.4) is 0 Å². The fourth-order valence-electron chi connectivity index (χ4n) is 6.86. The van der Waals surface area contributed by atoms with Gasteiger partial charge in [-0.25, -0.2) is 0 Å². The summed E-state index contributed by atoms with van der Waals surface area (Å²) in [5.74, 6) is 0.104. The number of carbonyl (C=O) groups excluding carboxylic acids is 1. The van der Waals surface area contributed by atoms with Gasteiger partial charge in [-0.05, 0) is 64.5 Å². The third-order valence-electron chi connectivity index (χ3n) is 8.81. The van der Waals surface area contributed by atoms with Gasteiger partial charge in [0.15, 0.2) is 5.69 Å². The second-order valence-corrected chi connectivity index (χ2v) is 11.1. The Bertz CT molecular complexity index is 819. The number of nitrogens with zero attached hydrogens (tertiary/aromatic N) is 4. The van der Waals surface area contributed by atoms with Gasteiger partial charge in [0.25, 0.3) is 5.91 Å². The van der Waals surface area contributed by atoms with E-state index in [-0.39, 0.29) is 5.91 Å². The lowest BCUT2D eigenvalue weighted by atomic mass is 9.78. The van der Waals surface area contributed by atoms with Crippen molar-refractivity contribution in [1.82, 2.24) is 24.9 Å². The van der Waals surface area contributed by atoms with E-state index in [0.717, 1.165) is 38.8 Å². The first-order valence-electron chi connectivity index (χ1n) is 14.1. The molecule has 1 aromatic heterocycles. The molecule has 1 saturated carbocycles. The average Bonchev–Trinajstić information content (AvgIpc) is 3.26. The Morgan fingerprint density at radius 2 is 1.79 bits per heavy atom. The molecule has 1 amide bonds. The molecular weight excluding hydrogens is 426 g/mol. The minimum absolute atomic E-state index is 0.104. The van der Waals surface area contributed by atoms with Gasteiger partial charge in [-0.1, -0.05) is 32.6 Å².